The lowest BCUT2D eigenvalue weighted by atomic mass is 10.3. The number of hydrogen-bond acceptors (Lipinski definition) is 4. The molecule has 0 unspecified atom stereocenters. The lowest BCUT2D eigenvalue weighted by Crippen LogP contribution is -2.09. The predicted molar refractivity (Wildman–Crippen MR) is 74.9 cm³/mol. The van der Waals surface area contributed by atoms with Crippen LogP contribution in [0, 0.1) is 0 Å². The summed E-state index contributed by atoms with van der Waals surface area (Å²) in [5.74, 6) is 1.42. The van der Waals surface area contributed by atoms with E-state index in [1.165, 1.54) is 0 Å². The Morgan fingerprint density at radius 1 is 1.11 bits per heavy atom. The Morgan fingerprint density at radius 2 is 1.94 bits per heavy atom. The number of aryl methyl sites for hydroxylation is 1. The van der Waals surface area contributed by atoms with Gasteiger partial charge in [-0.2, -0.15) is 4.98 Å². The summed E-state index contributed by atoms with van der Waals surface area (Å²) in [7, 11) is 0. The van der Waals surface area contributed by atoms with Crippen LogP contribution in [0.3, 0.4) is 0 Å². The molecule has 18 heavy (non-hydrogen) atoms. The predicted octanol–water partition coefficient (Wildman–Crippen LogP) is 3.39. The first-order chi connectivity index (χ1) is 8.76. The third kappa shape index (κ3) is 6.31. The molecular weight excluding hydrogens is 296 g/mol. The monoisotopic (exact) mass is 316 g/mol. The zero-order valence-electron chi connectivity index (χ0n) is 11.1. The van der Waals surface area contributed by atoms with Crippen LogP contribution in [0.4, 0.5) is 0 Å². The lowest BCUT2D eigenvalue weighted by molar-refractivity contribution is 0.0963. The molecule has 0 amide bonds. The Kier molecular flexibility index (Phi) is 7.93. The number of ether oxygens (including phenoxy) is 2. The second-order valence-corrected chi connectivity index (χ2v) is 4.82. The highest BCUT2D eigenvalue weighted by Gasteiger charge is 2.03. The van der Waals surface area contributed by atoms with Gasteiger partial charge in [-0.15, -0.1) is 0 Å². The normalized spacial score (nSPS) is 10.6. The van der Waals surface area contributed by atoms with Crippen molar-refractivity contribution in [1.82, 2.24) is 9.97 Å². The number of aromatic nitrogens is 2. The van der Waals surface area contributed by atoms with Gasteiger partial charge in [0.25, 0.3) is 0 Å². The first-order valence-corrected chi connectivity index (χ1v) is 7.29. The summed E-state index contributed by atoms with van der Waals surface area (Å²) >= 11 is 3.36. The van der Waals surface area contributed by atoms with E-state index in [4.69, 9.17) is 9.47 Å². The Bertz CT molecular complexity index is 348. The van der Waals surface area contributed by atoms with Gasteiger partial charge < -0.3 is 9.47 Å². The van der Waals surface area contributed by atoms with Crippen molar-refractivity contribution in [2.75, 3.05) is 19.8 Å². The van der Waals surface area contributed by atoms with Gasteiger partial charge in [-0.25, -0.2) is 4.98 Å². The summed E-state index contributed by atoms with van der Waals surface area (Å²) < 4.78 is 11.7. The SMILES string of the molecule is CCCCOCCOc1cc(Br)nc(CCC)n1. The van der Waals surface area contributed by atoms with E-state index in [9.17, 15) is 0 Å². The zero-order valence-corrected chi connectivity index (χ0v) is 12.7. The summed E-state index contributed by atoms with van der Waals surface area (Å²) in [5.41, 5.74) is 0. The quantitative estimate of drug-likeness (QED) is 0.517. The fourth-order valence-electron chi connectivity index (χ4n) is 1.40. The van der Waals surface area contributed by atoms with E-state index in [1.807, 2.05) is 0 Å². The molecule has 0 saturated heterocycles. The third-order valence-electron chi connectivity index (χ3n) is 2.31. The van der Waals surface area contributed by atoms with Gasteiger partial charge >= 0.3 is 0 Å². The van der Waals surface area contributed by atoms with Gasteiger partial charge in [0.2, 0.25) is 5.88 Å². The van der Waals surface area contributed by atoms with Crippen LogP contribution in [-0.2, 0) is 11.2 Å². The molecular formula is C13H21BrN2O2. The molecule has 1 aromatic rings. The lowest BCUT2D eigenvalue weighted by Gasteiger charge is -2.07. The molecule has 0 radical (unpaired) electrons. The molecule has 102 valence electrons. The summed E-state index contributed by atoms with van der Waals surface area (Å²) in [6.07, 6.45) is 4.14. The Balaban J connectivity index is 2.32. The van der Waals surface area contributed by atoms with E-state index in [-0.39, 0.29) is 0 Å². The second kappa shape index (κ2) is 9.28. The van der Waals surface area contributed by atoms with Gasteiger partial charge in [0.05, 0.1) is 6.61 Å². The molecule has 1 rings (SSSR count). The minimum atomic E-state index is 0.527. The molecule has 4 nitrogen and oxygen atoms in total. The number of halogens is 1. The van der Waals surface area contributed by atoms with Crippen molar-refractivity contribution in [3.05, 3.63) is 16.5 Å². The Hall–Kier alpha value is -0.680. The van der Waals surface area contributed by atoms with Crippen molar-refractivity contribution >= 4 is 15.9 Å². The highest BCUT2D eigenvalue weighted by atomic mass is 79.9. The maximum Gasteiger partial charge on any atom is 0.217 e. The zero-order chi connectivity index (χ0) is 13.2. The van der Waals surface area contributed by atoms with E-state index in [0.717, 1.165) is 42.7 Å². The van der Waals surface area contributed by atoms with Crippen LogP contribution in [0.2, 0.25) is 0 Å². The molecule has 0 bridgehead atoms. The molecule has 0 aromatic carbocycles. The van der Waals surface area contributed by atoms with Crippen LogP contribution in [0.15, 0.2) is 10.7 Å². The summed E-state index contributed by atoms with van der Waals surface area (Å²) in [4.78, 5) is 8.63. The highest BCUT2D eigenvalue weighted by Crippen LogP contribution is 2.15. The first-order valence-electron chi connectivity index (χ1n) is 6.50. The number of nitrogens with zero attached hydrogens (tertiary/aromatic N) is 2. The van der Waals surface area contributed by atoms with Crippen molar-refractivity contribution in [3.8, 4) is 5.88 Å². The van der Waals surface area contributed by atoms with E-state index >= 15 is 0 Å². The van der Waals surface area contributed by atoms with E-state index in [0.29, 0.717) is 19.1 Å². The van der Waals surface area contributed by atoms with E-state index in [1.54, 1.807) is 6.07 Å². The summed E-state index contributed by atoms with van der Waals surface area (Å²) in [5, 5.41) is 0. The van der Waals surface area contributed by atoms with Gasteiger partial charge in [0, 0.05) is 19.1 Å². The Labute approximate surface area is 117 Å². The minimum Gasteiger partial charge on any atom is -0.475 e. The molecule has 0 spiro atoms. The number of unbranched alkanes of at least 4 members (excludes halogenated alkanes) is 1. The van der Waals surface area contributed by atoms with Crippen molar-refractivity contribution in [2.24, 2.45) is 0 Å². The minimum absolute atomic E-state index is 0.527. The molecule has 5 heteroatoms. The molecule has 1 heterocycles. The maximum absolute atomic E-state index is 5.55. The van der Waals surface area contributed by atoms with Gasteiger partial charge in [-0.3, -0.25) is 0 Å². The largest absolute Gasteiger partial charge is 0.475 e. The fourth-order valence-corrected chi connectivity index (χ4v) is 1.81. The van der Waals surface area contributed by atoms with Gasteiger partial charge in [0.1, 0.15) is 17.0 Å². The van der Waals surface area contributed by atoms with Crippen LogP contribution in [0.5, 0.6) is 5.88 Å². The number of hydrogen-bond donors (Lipinski definition) is 0. The molecule has 0 aliphatic rings. The van der Waals surface area contributed by atoms with Gasteiger partial charge in [-0.1, -0.05) is 20.3 Å². The molecule has 0 N–H and O–H groups in total. The van der Waals surface area contributed by atoms with Crippen molar-refractivity contribution in [3.63, 3.8) is 0 Å². The molecule has 0 aliphatic heterocycles. The molecule has 0 atom stereocenters. The topological polar surface area (TPSA) is 44.2 Å². The standard InChI is InChI=1S/C13H21BrN2O2/c1-3-5-7-17-8-9-18-13-10-11(14)15-12(16-13)6-4-2/h10H,3-9H2,1-2H3. The summed E-state index contributed by atoms with van der Waals surface area (Å²) in [6.45, 7) is 6.18. The van der Waals surface area contributed by atoms with Crippen molar-refractivity contribution in [1.29, 1.82) is 0 Å². The highest BCUT2D eigenvalue weighted by molar-refractivity contribution is 9.10. The van der Waals surface area contributed by atoms with Crippen molar-refractivity contribution < 1.29 is 9.47 Å². The van der Waals surface area contributed by atoms with Gasteiger partial charge in [-0.05, 0) is 28.8 Å². The van der Waals surface area contributed by atoms with Crippen LogP contribution in [-0.4, -0.2) is 29.8 Å². The van der Waals surface area contributed by atoms with E-state index < -0.39 is 0 Å². The smallest absolute Gasteiger partial charge is 0.217 e. The Morgan fingerprint density at radius 3 is 2.67 bits per heavy atom. The molecule has 0 aliphatic carbocycles. The summed E-state index contributed by atoms with van der Waals surface area (Å²) in [6, 6.07) is 1.78. The number of rotatable bonds is 9. The van der Waals surface area contributed by atoms with Crippen LogP contribution in [0.1, 0.15) is 38.9 Å². The molecule has 1 aromatic heterocycles. The third-order valence-corrected chi connectivity index (χ3v) is 2.72. The van der Waals surface area contributed by atoms with Crippen LogP contribution >= 0.6 is 15.9 Å². The average molecular weight is 317 g/mol. The van der Waals surface area contributed by atoms with E-state index in [2.05, 4.69) is 39.7 Å². The van der Waals surface area contributed by atoms with Crippen molar-refractivity contribution in [2.45, 2.75) is 39.5 Å². The second-order valence-electron chi connectivity index (χ2n) is 4.01. The van der Waals surface area contributed by atoms with Crippen LogP contribution in [0.25, 0.3) is 0 Å². The van der Waals surface area contributed by atoms with Crippen LogP contribution < -0.4 is 4.74 Å². The molecule has 0 fully saturated rings. The molecule has 0 saturated carbocycles. The van der Waals surface area contributed by atoms with Gasteiger partial charge in [0.15, 0.2) is 0 Å². The maximum atomic E-state index is 5.55. The average Bonchev–Trinajstić information content (AvgIpc) is 2.33. The first kappa shape index (κ1) is 15.4. The fraction of sp³-hybridized carbons (Fsp3) is 0.692.